The number of hydrogen-bond donors (Lipinski definition) is 2. The largest absolute Gasteiger partial charge is 0.399 e. The lowest BCUT2D eigenvalue weighted by Crippen LogP contribution is -2.06. The molecule has 2 aromatic heterocycles. The molecular formula is C15H17N5. The van der Waals surface area contributed by atoms with Gasteiger partial charge in [0.05, 0.1) is 0 Å². The lowest BCUT2D eigenvalue weighted by molar-refractivity contribution is 0.935. The quantitative estimate of drug-likeness (QED) is 0.712. The predicted molar refractivity (Wildman–Crippen MR) is 80.8 cm³/mol. The summed E-state index contributed by atoms with van der Waals surface area (Å²) >= 11 is 0. The summed E-state index contributed by atoms with van der Waals surface area (Å²) in [5, 5.41) is 7.64. The third kappa shape index (κ3) is 2.56. The maximum atomic E-state index is 5.67. The number of benzene rings is 1. The smallest absolute Gasteiger partial charge is 0.243 e. The van der Waals surface area contributed by atoms with Crippen LogP contribution in [0, 0.1) is 6.92 Å². The second-order valence-corrected chi connectivity index (χ2v) is 4.81. The Morgan fingerprint density at radius 1 is 1.20 bits per heavy atom. The van der Waals surface area contributed by atoms with E-state index >= 15 is 0 Å². The number of nitrogens with zero attached hydrogens (tertiary/aromatic N) is 3. The maximum Gasteiger partial charge on any atom is 0.243 e. The number of rotatable bonds is 4. The van der Waals surface area contributed by atoms with Crippen molar-refractivity contribution in [2.75, 3.05) is 17.6 Å². The van der Waals surface area contributed by atoms with Gasteiger partial charge in [0.1, 0.15) is 0 Å². The van der Waals surface area contributed by atoms with Gasteiger partial charge in [-0.3, -0.25) is 0 Å². The molecule has 0 bridgehead atoms. The number of nitrogens with two attached hydrogens (primary N) is 1. The molecular weight excluding hydrogens is 250 g/mol. The summed E-state index contributed by atoms with van der Waals surface area (Å²) in [4.78, 5) is 4.48. The number of aryl methyl sites for hydroxylation is 1. The van der Waals surface area contributed by atoms with Crippen molar-refractivity contribution in [2.45, 2.75) is 13.3 Å². The third-order valence-electron chi connectivity index (χ3n) is 3.23. The van der Waals surface area contributed by atoms with Crippen molar-refractivity contribution in [2.24, 2.45) is 0 Å². The van der Waals surface area contributed by atoms with E-state index in [1.807, 2.05) is 49.5 Å². The van der Waals surface area contributed by atoms with E-state index in [0.717, 1.165) is 29.9 Å². The minimum absolute atomic E-state index is 0.662. The first-order chi connectivity index (χ1) is 9.72. The van der Waals surface area contributed by atoms with Crippen molar-refractivity contribution < 1.29 is 0 Å². The van der Waals surface area contributed by atoms with Gasteiger partial charge in [0.2, 0.25) is 5.95 Å². The van der Waals surface area contributed by atoms with E-state index in [4.69, 9.17) is 5.73 Å². The van der Waals surface area contributed by atoms with Gasteiger partial charge < -0.3 is 11.1 Å². The van der Waals surface area contributed by atoms with Crippen molar-refractivity contribution in [3.63, 3.8) is 0 Å². The van der Waals surface area contributed by atoms with Crippen LogP contribution in [-0.2, 0) is 6.42 Å². The van der Waals surface area contributed by atoms with E-state index in [0.29, 0.717) is 5.95 Å². The van der Waals surface area contributed by atoms with Crippen molar-refractivity contribution in [3.05, 3.63) is 53.7 Å². The van der Waals surface area contributed by atoms with Crippen LogP contribution in [0.25, 0.3) is 5.65 Å². The summed E-state index contributed by atoms with van der Waals surface area (Å²) in [6, 6.07) is 11.9. The van der Waals surface area contributed by atoms with Gasteiger partial charge in [-0.25, -0.2) is 4.52 Å². The number of anilines is 2. The fraction of sp³-hybridized carbons (Fsp3) is 0.200. The van der Waals surface area contributed by atoms with Crippen molar-refractivity contribution in [1.82, 2.24) is 14.6 Å². The maximum absolute atomic E-state index is 5.67. The van der Waals surface area contributed by atoms with Crippen molar-refractivity contribution >= 4 is 17.3 Å². The second-order valence-electron chi connectivity index (χ2n) is 4.81. The molecule has 0 unspecified atom stereocenters. The van der Waals surface area contributed by atoms with Crippen LogP contribution in [0.2, 0.25) is 0 Å². The molecule has 0 aliphatic heterocycles. The molecule has 20 heavy (non-hydrogen) atoms. The molecule has 0 spiro atoms. The van der Waals surface area contributed by atoms with Crippen LogP contribution < -0.4 is 11.1 Å². The molecule has 102 valence electrons. The first-order valence-corrected chi connectivity index (χ1v) is 6.63. The highest BCUT2D eigenvalue weighted by Crippen LogP contribution is 2.10. The second kappa shape index (κ2) is 5.21. The monoisotopic (exact) mass is 267 g/mol. The molecule has 5 heteroatoms. The first-order valence-electron chi connectivity index (χ1n) is 6.63. The van der Waals surface area contributed by atoms with Gasteiger partial charge >= 0.3 is 0 Å². The normalized spacial score (nSPS) is 10.8. The molecule has 0 amide bonds. The van der Waals surface area contributed by atoms with Crippen LogP contribution in [-0.4, -0.2) is 21.1 Å². The Labute approximate surface area is 117 Å². The lowest BCUT2D eigenvalue weighted by atomic mass is 10.1. The molecule has 5 nitrogen and oxygen atoms in total. The zero-order valence-electron chi connectivity index (χ0n) is 11.4. The van der Waals surface area contributed by atoms with Crippen LogP contribution in [0.4, 0.5) is 11.6 Å². The highest BCUT2D eigenvalue weighted by atomic mass is 15.3. The zero-order chi connectivity index (χ0) is 13.9. The Morgan fingerprint density at radius 2 is 2.00 bits per heavy atom. The Hall–Kier alpha value is -2.56. The van der Waals surface area contributed by atoms with E-state index in [2.05, 4.69) is 15.4 Å². The molecule has 0 radical (unpaired) electrons. The summed E-state index contributed by atoms with van der Waals surface area (Å²) in [6.45, 7) is 2.82. The Kier molecular flexibility index (Phi) is 3.25. The number of hydrogen-bond acceptors (Lipinski definition) is 4. The molecule has 0 atom stereocenters. The highest BCUT2D eigenvalue weighted by Gasteiger charge is 2.04. The molecule has 0 fully saturated rings. The molecule has 2 heterocycles. The van der Waals surface area contributed by atoms with Crippen LogP contribution in [0.15, 0.2) is 42.6 Å². The van der Waals surface area contributed by atoms with Gasteiger partial charge in [0.15, 0.2) is 5.65 Å². The van der Waals surface area contributed by atoms with Crippen molar-refractivity contribution in [1.29, 1.82) is 0 Å². The standard InChI is InChI=1S/C15H17N5/c1-11-3-2-10-20-14(11)18-15(19-20)17-9-8-12-4-6-13(16)7-5-12/h2-7,10H,8-9,16H2,1H3,(H,17,19). The number of nitrogen functional groups attached to an aromatic ring is 1. The van der Waals surface area contributed by atoms with Gasteiger partial charge in [-0.15, -0.1) is 5.10 Å². The highest BCUT2D eigenvalue weighted by molar-refractivity contribution is 5.49. The first kappa shape index (κ1) is 12.5. The molecule has 0 saturated heterocycles. The zero-order valence-corrected chi connectivity index (χ0v) is 11.4. The van der Waals surface area contributed by atoms with Crippen LogP contribution in [0.1, 0.15) is 11.1 Å². The lowest BCUT2D eigenvalue weighted by Gasteiger charge is -2.02. The molecule has 0 aliphatic carbocycles. The van der Waals surface area contributed by atoms with E-state index in [9.17, 15) is 0 Å². The molecule has 3 N–H and O–H groups in total. The minimum atomic E-state index is 0.662. The molecule has 3 aromatic rings. The van der Waals surface area contributed by atoms with Crippen LogP contribution in [0.3, 0.4) is 0 Å². The minimum Gasteiger partial charge on any atom is -0.399 e. The van der Waals surface area contributed by atoms with Gasteiger partial charge in [0.25, 0.3) is 0 Å². The number of aromatic nitrogens is 3. The summed E-state index contributed by atoms with van der Waals surface area (Å²) in [7, 11) is 0. The fourth-order valence-electron chi connectivity index (χ4n) is 2.12. The third-order valence-corrected chi connectivity index (χ3v) is 3.23. The van der Waals surface area contributed by atoms with Gasteiger partial charge in [-0.05, 0) is 42.7 Å². The van der Waals surface area contributed by atoms with E-state index in [-0.39, 0.29) is 0 Å². The SMILES string of the molecule is Cc1cccn2nc(NCCc3ccc(N)cc3)nc12. The van der Waals surface area contributed by atoms with Gasteiger partial charge in [-0.2, -0.15) is 4.98 Å². The fourth-order valence-corrected chi connectivity index (χ4v) is 2.12. The summed E-state index contributed by atoms with van der Waals surface area (Å²) in [5.41, 5.74) is 9.71. The average molecular weight is 267 g/mol. The van der Waals surface area contributed by atoms with Crippen molar-refractivity contribution in [3.8, 4) is 0 Å². The summed E-state index contributed by atoms with van der Waals surface area (Å²) < 4.78 is 1.79. The summed E-state index contributed by atoms with van der Waals surface area (Å²) in [5.74, 6) is 0.662. The number of pyridine rings is 1. The van der Waals surface area contributed by atoms with Crippen LogP contribution >= 0.6 is 0 Å². The van der Waals surface area contributed by atoms with E-state index in [1.165, 1.54) is 5.56 Å². The average Bonchev–Trinajstić information content (AvgIpc) is 2.85. The van der Waals surface area contributed by atoms with E-state index < -0.39 is 0 Å². The van der Waals surface area contributed by atoms with Gasteiger partial charge in [-0.1, -0.05) is 18.2 Å². The number of nitrogens with one attached hydrogen (secondary N) is 1. The topological polar surface area (TPSA) is 68.2 Å². The Bertz CT molecular complexity index is 715. The number of fused-ring (bicyclic) bond motifs is 1. The predicted octanol–water partition coefficient (Wildman–Crippen LogP) is 2.27. The Balaban J connectivity index is 1.65. The molecule has 3 rings (SSSR count). The van der Waals surface area contributed by atoms with Gasteiger partial charge in [0, 0.05) is 18.4 Å². The Morgan fingerprint density at radius 3 is 2.75 bits per heavy atom. The van der Waals surface area contributed by atoms with Crippen LogP contribution in [0.5, 0.6) is 0 Å². The molecule has 1 aromatic carbocycles. The van der Waals surface area contributed by atoms with E-state index in [1.54, 1.807) is 4.52 Å². The summed E-state index contributed by atoms with van der Waals surface area (Å²) in [6.07, 6.45) is 2.81. The molecule has 0 aliphatic rings. The molecule has 0 saturated carbocycles.